The lowest BCUT2D eigenvalue weighted by atomic mass is 10.0. The second-order valence-electron chi connectivity index (χ2n) is 9.18. The van der Waals surface area contributed by atoms with Gasteiger partial charge in [-0.2, -0.15) is 0 Å². The number of rotatable bonds is 11. The number of halogens is 1. The van der Waals surface area contributed by atoms with Crippen LogP contribution in [0.1, 0.15) is 65.7 Å². The predicted molar refractivity (Wildman–Crippen MR) is 119 cm³/mol. The Balaban J connectivity index is 1.83. The highest BCUT2D eigenvalue weighted by molar-refractivity contribution is 5.90. The van der Waals surface area contributed by atoms with E-state index in [0.717, 1.165) is 25.7 Å². The van der Waals surface area contributed by atoms with Gasteiger partial charge in [0.25, 0.3) is 0 Å². The van der Waals surface area contributed by atoms with Crippen molar-refractivity contribution in [2.75, 3.05) is 13.2 Å². The quantitative estimate of drug-likeness (QED) is 0.494. The number of carbonyl (C=O) groups excluding carboxylic acids is 3. The molecule has 1 fully saturated rings. The largest absolute Gasteiger partial charge is 0.486 e. The Morgan fingerprint density at radius 2 is 1.88 bits per heavy atom. The zero-order valence-electron chi connectivity index (χ0n) is 19.2. The van der Waals surface area contributed by atoms with Crippen molar-refractivity contribution in [3.05, 3.63) is 30.1 Å². The minimum atomic E-state index is -0.682. The minimum Gasteiger partial charge on any atom is -0.486 e. The van der Waals surface area contributed by atoms with Crippen LogP contribution >= 0.6 is 0 Å². The van der Waals surface area contributed by atoms with E-state index in [-0.39, 0.29) is 30.0 Å². The third-order valence-electron chi connectivity index (χ3n) is 5.20. The number of unbranched alkanes of at least 4 members (excludes halogenated alkanes) is 1. The first kappa shape index (κ1) is 25.6. The number of ketones is 1. The lowest BCUT2D eigenvalue weighted by Gasteiger charge is -2.21. The fourth-order valence-corrected chi connectivity index (χ4v) is 3.58. The molecule has 8 heteroatoms. The third-order valence-corrected chi connectivity index (χ3v) is 5.20. The van der Waals surface area contributed by atoms with Crippen LogP contribution in [-0.2, 0) is 14.3 Å². The molecule has 178 valence electrons. The molecule has 2 amide bonds. The van der Waals surface area contributed by atoms with Crippen molar-refractivity contribution in [2.45, 2.75) is 77.4 Å². The Kier molecular flexibility index (Phi) is 9.94. The van der Waals surface area contributed by atoms with Gasteiger partial charge in [0.1, 0.15) is 23.8 Å². The number of nitrogens with one attached hydrogen (secondary N) is 2. The van der Waals surface area contributed by atoms with Crippen LogP contribution in [0.15, 0.2) is 24.3 Å². The van der Waals surface area contributed by atoms with Gasteiger partial charge in [-0.3, -0.25) is 9.59 Å². The highest BCUT2D eigenvalue weighted by Crippen LogP contribution is 2.25. The molecule has 7 nitrogen and oxygen atoms in total. The lowest BCUT2D eigenvalue weighted by Crippen LogP contribution is -2.45. The SMILES string of the molecule is CC(C)(C)OC(=O)NCCCCC(NC(=O)C1CCCC1)C(=O)COc1cccc(F)c1. The standard InChI is InChI=1S/C24H35FN2O5/c1-24(2,3)32-23(30)26-14-7-6-13-20(27-22(29)17-9-4-5-10-17)21(28)16-31-19-12-8-11-18(25)15-19/h8,11-12,15,17,20H,4-7,9-10,13-14,16H2,1-3H3,(H,26,30)(H,27,29). The number of benzene rings is 1. The normalized spacial score (nSPS) is 15.1. The van der Waals surface area contributed by atoms with Crippen molar-refractivity contribution >= 4 is 17.8 Å². The van der Waals surface area contributed by atoms with E-state index in [4.69, 9.17) is 9.47 Å². The fourth-order valence-electron chi connectivity index (χ4n) is 3.58. The monoisotopic (exact) mass is 450 g/mol. The van der Waals surface area contributed by atoms with E-state index in [0.29, 0.717) is 25.8 Å². The molecule has 0 saturated heterocycles. The van der Waals surface area contributed by atoms with Crippen molar-refractivity contribution in [1.82, 2.24) is 10.6 Å². The number of ether oxygens (including phenoxy) is 2. The maximum Gasteiger partial charge on any atom is 0.407 e. The predicted octanol–water partition coefficient (Wildman–Crippen LogP) is 4.14. The van der Waals surface area contributed by atoms with E-state index in [1.54, 1.807) is 26.8 Å². The summed E-state index contributed by atoms with van der Waals surface area (Å²) in [7, 11) is 0. The number of Topliss-reactive ketones (excluding diaryl/α,β-unsaturated/α-hetero) is 1. The third kappa shape index (κ3) is 9.66. The summed E-state index contributed by atoms with van der Waals surface area (Å²) < 4.78 is 23.9. The first-order chi connectivity index (χ1) is 15.1. The Bertz CT molecular complexity index is 772. The first-order valence-electron chi connectivity index (χ1n) is 11.3. The van der Waals surface area contributed by atoms with E-state index in [2.05, 4.69) is 10.6 Å². The molecule has 1 aliphatic rings. The topological polar surface area (TPSA) is 93.7 Å². The maximum absolute atomic E-state index is 13.3. The van der Waals surface area contributed by atoms with Crippen molar-refractivity contribution < 1.29 is 28.2 Å². The summed E-state index contributed by atoms with van der Waals surface area (Å²) in [5.41, 5.74) is -0.562. The summed E-state index contributed by atoms with van der Waals surface area (Å²) in [6.45, 7) is 5.53. The molecule has 32 heavy (non-hydrogen) atoms. The Hall–Kier alpha value is -2.64. The Morgan fingerprint density at radius 3 is 2.53 bits per heavy atom. The van der Waals surface area contributed by atoms with Crippen LogP contribution in [0.5, 0.6) is 5.75 Å². The second-order valence-corrected chi connectivity index (χ2v) is 9.18. The van der Waals surface area contributed by atoms with E-state index < -0.39 is 23.6 Å². The number of alkyl carbamates (subject to hydrolysis) is 1. The maximum atomic E-state index is 13.3. The molecule has 0 bridgehead atoms. The second kappa shape index (κ2) is 12.4. The van der Waals surface area contributed by atoms with Gasteiger partial charge >= 0.3 is 6.09 Å². The van der Waals surface area contributed by atoms with Crippen molar-refractivity contribution in [1.29, 1.82) is 0 Å². The summed E-state index contributed by atoms with van der Waals surface area (Å²) in [5, 5.41) is 5.57. The molecule has 0 spiro atoms. The van der Waals surface area contributed by atoms with Crippen LogP contribution in [0.25, 0.3) is 0 Å². The zero-order valence-corrected chi connectivity index (χ0v) is 19.2. The van der Waals surface area contributed by atoms with Crippen molar-refractivity contribution in [3.8, 4) is 5.75 Å². The van der Waals surface area contributed by atoms with Gasteiger partial charge in [0.05, 0.1) is 6.04 Å². The van der Waals surface area contributed by atoms with Gasteiger partial charge in [-0.25, -0.2) is 9.18 Å². The van der Waals surface area contributed by atoms with Gasteiger partial charge in [0.2, 0.25) is 5.91 Å². The molecular weight excluding hydrogens is 415 g/mol. The average molecular weight is 451 g/mol. The Labute approximate surface area is 189 Å². The summed E-state index contributed by atoms with van der Waals surface area (Å²) in [4.78, 5) is 37.0. The van der Waals surface area contributed by atoms with Crippen LogP contribution in [0.3, 0.4) is 0 Å². The molecule has 1 aliphatic carbocycles. The van der Waals surface area contributed by atoms with Crippen molar-refractivity contribution in [3.63, 3.8) is 0 Å². The number of carbonyl (C=O) groups is 3. The number of hydrogen-bond donors (Lipinski definition) is 2. The number of hydrogen-bond acceptors (Lipinski definition) is 5. The van der Waals surface area contributed by atoms with E-state index in [9.17, 15) is 18.8 Å². The van der Waals surface area contributed by atoms with Crippen LogP contribution in [0.2, 0.25) is 0 Å². The number of amides is 2. The highest BCUT2D eigenvalue weighted by atomic mass is 19.1. The van der Waals surface area contributed by atoms with Gasteiger partial charge in [0.15, 0.2) is 5.78 Å². The van der Waals surface area contributed by atoms with Gasteiger partial charge in [-0.05, 0) is 65.0 Å². The van der Waals surface area contributed by atoms with Crippen molar-refractivity contribution in [2.24, 2.45) is 5.92 Å². The molecule has 1 saturated carbocycles. The lowest BCUT2D eigenvalue weighted by molar-refractivity contribution is -0.131. The molecule has 1 aromatic carbocycles. The van der Waals surface area contributed by atoms with Gasteiger partial charge in [-0.1, -0.05) is 18.9 Å². The summed E-state index contributed by atoms with van der Waals surface area (Å²) >= 11 is 0. The molecule has 2 N–H and O–H groups in total. The van der Waals surface area contributed by atoms with E-state index in [1.807, 2.05) is 0 Å². The van der Waals surface area contributed by atoms with Gasteiger partial charge in [0, 0.05) is 18.5 Å². The fraction of sp³-hybridized carbons (Fsp3) is 0.625. The summed E-state index contributed by atoms with van der Waals surface area (Å²) in [6.07, 6.45) is 4.93. The van der Waals surface area contributed by atoms with Gasteiger partial charge < -0.3 is 20.1 Å². The van der Waals surface area contributed by atoms with Crippen LogP contribution in [0.4, 0.5) is 9.18 Å². The van der Waals surface area contributed by atoms with E-state index >= 15 is 0 Å². The van der Waals surface area contributed by atoms with Crippen LogP contribution in [-0.4, -0.2) is 42.6 Å². The molecule has 1 unspecified atom stereocenters. The zero-order chi connectivity index (χ0) is 23.6. The molecule has 0 aromatic heterocycles. The molecule has 0 heterocycles. The Morgan fingerprint density at radius 1 is 1.16 bits per heavy atom. The minimum absolute atomic E-state index is 0.0525. The molecular formula is C24H35FN2O5. The average Bonchev–Trinajstić information content (AvgIpc) is 3.24. The summed E-state index contributed by atoms with van der Waals surface area (Å²) in [6, 6.07) is 4.90. The van der Waals surface area contributed by atoms with Gasteiger partial charge in [-0.15, -0.1) is 0 Å². The molecule has 0 radical (unpaired) electrons. The molecule has 1 aromatic rings. The van der Waals surface area contributed by atoms with Crippen LogP contribution < -0.4 is 15.4 Å². The molecule has 2 rings (SSSR count). The van der Waals surface area contributed by atoms with Crippen LogP contribution in [0, 0.1) is 11.7 Å². The highest BCUT2D eigenvalue weighted by Gasteiger charge is 2.27. The molecule has 1 atom stereocenters. The van der Waals surface area contributed by atoms with E-state index in [1.165, 1.54) is 18.2 Å². The first-order valence-corrected chi connectivity index (χ1v) is 11.3. The smallest absolute Gasteiger partial charge is 0.407 e. The molecule has 0 aliphatic heterocycles. The summed E-state index contributed by atoms with van der Waals surface area (Å²) in [5.74, 6) is -0.596.